The molecule has 4 aromatic rings. The highest BCUT2D eigenvalue weighted by Crippen LogP contribution is 2.33. The molecule has 0 fully saturated rings. The molecule has 31 heavy (non-hydrogen) atoms. The van der Waals surface area contributed by atoms with Crippen LogP contribution in [-0.4, -0.2) is 22.1 Å². The molecule has 1 aromatic heterocycles. The first kappa shape index (κ1) is 20.7. The van der Waals surface area contributed by atoms with E-state index in [2.05, 4.69) is 4.98 Å². The van der Waals surface area contributed by atoms with E-state index >= 15 is 0 Å². The summed E-state index contributed by atoms with van der Waals surface area (Å²) in [7, 11) is 0. The second-order valence-electron chi connectivity index (χ2n) is 7.00. The quantitative estimate of drug-likeness (QED) is 0.380. The predicted molar refractivity (Wildman–Crippen MR) is 111 cm³/mol. The van der Waals surface area contributed by atoms with Gasteiger partial charge in [0.1, 0.15) is 5.82 Å². The Labute approximate surface area is 176 Å². The number of imidazole rings is 1. The van der Waals surface area contributed by atoms with E-state index < -0.39 is 17.7 Å². The summed E-state index contributed by atoms with van der Waals surface area (Å²) in [5.41, 5.74) is 1.97. The highest BCUT2D eigenvalue weighted by Gasteiger charge is 2.31. The minimum Gasteiger partial charge on any atom is -0.462 e. The molecule has 0 radical (unpaired) electrons. The molecule has 1 heterocycles. The molecule has 0 N–H and O–H groups in total. The summed E-state index contributed by atoms with van der Waals surface area (Å²) in [6.45, 7) is 1.97. The number of hydrogen-bond acceptors (Lipinski definition) is 3. The molecule has 3 aromatic carbocycles. The predicted octanol–water partition coefficient (Wildman–Crippen LogP) is 5.81. The van der Waals surface area contributed by atoms with E-state index in [4.69, 9.17) is 4.74 Å². The van der Waals surface area contributed by atoms with Gasteiger partial charge in [0.15, 0.2) is 0 Å². The fourth-order valence-corrected chi connectivity index (χ4v) is 3.48. The number of rotatable bonds is 5. The molecule has 4 nitrogen and oxygen atoms in total. The maximum Gasteiger partial charge on any atom is 0.416 e. The third kappa shape index (κ3) is 4.30. The molecular weight excluding hydrogens is 405 g/mol. The fraction of sp³-hybridized carbons (Fsp3) is 0.167. The summed E-state index contributed by atoms with van der Waals surface area (Å²) in [6, 6.07) is 19.8. The Morgan fingerprint density at radius 2 is 1.77 bits per heavy atom. The molecule has 0 atom stereocenters. The van der Waals surface area contributed by atoms with Gasteiger partial charge in [-0.15, -0.1) is 0 Å². The number of halogens is 3. The van der Waals surface area contributed by atoms with Crippen LogP contribution in [0.15, 0.2) is 72.8 Å². The number of alkyl halides is 3. The SMILES string of the molecule is CCOC(=O)c1cccc(-n2c(Cc3ccccc3)nc3cc(C(F)(F)F)ccc32)c1. The summed E-state index contributed by atoms with van der Waals surface area (Å²) in [6.07, 6.45) is -4.04. The van der Waals surface area contributed by atoms with Gasteiger partial charge in [-0.3, -0.25) is 4.57 Å². The Balaban J connectivity index is 1.88. The smallest absolute Gasteiger partial charge is 0.416 e. The monoisotopic (exact) mass is 424 g/mol. The lowest BCUT2D eigenvalue weighted by Crippen LogP contribution is -2.07. The van der Waals surface area contributed by atoms with Gasteiger partial charge in [-0.25, -0.2) is 9.78 Å². The zero-order valence-electron chi connectivity index (χ0n) is 16.7. The second kappa shape index (κ2) is 8.26. The maximum atomic E-state index is 13.2. The van der Waals surface area contributed by atoms with E-state index in [0.717, 1.165) is 17.7 Å². The van der Waals surface area contributed by atoms with Crippen LogP contribution in [-0.2, 0) is 17.3 Å². The van der Waals surface area contributed by atoms with Gasteiger partial charge in [-0.2, -0.15) is 13.2 Å². The van der Waals surface area contributed by atoms with Gasteiger partial charge in [-0.05, 0) is 48.9 Å². The number of nitrogens with zero attached hydrogens (tertiary/aromatic N) is 2. The topological polar surface area (TPSA) is 44.1 Å². The second-order valence-corrected chi connectivity index (χ2v) is 7.00. The lowest BCUT2D eigenvalue weighted by molar-refractivity contribution is -0.137. The zero-order chi connectivity index (χ0) is 22.0. The van der Waals surface area contributed by atoms with Crippen LogP contribution < -0.4 is 0 Å². The summed E-state index contributed by atoms with van der Waals surface area (Å²) >= 11 is 0. The Kier molecular flexibility index (Phi) is 5.50. The van der Waals surface area contributed by atoms with Crippen molar-refractivity contribution in [1.82, 2.24) is 9.55 Å². The highest BCUT2D eigenvalue weighted by atomic mass is 19.4. The molecule has 4 rings (SSSR count). The third-order valence-electron chi connectivity index (χ3n) is 4.87. The van der Waals surface area contributed by atoms with E-state index in [1.54, 1.807) is 35.8 Å². The van der Waals surface area contributed by atoms with Crippen LogP contribution in [0.4, 0.5) is 13.2 Å². The first-order valence-corrected chi connectivity index (χ1v) is 9.77. The van der Waals surface area contributed by atoms with Crippen LogP contribution in [0.25, 0.3) is 16.7 Å². The molecule has 7 heteroatoms. The number of hydrogen-bond donors (Lipinski definition) is 0. The molecule has 0 bridgehead atoms. The van der Waals surface area contributed by atoms with Crippen LogP contribution >= 0.6 is 0 Å². The molecule has 0 unspecified atom stereocenters. The van der Waals surface area contributed by atoms with E-state index in [9.17, 15) is 18.0 Å². The van der Waals surface area contributed by atoms with Gasteiger partial charge in [0.2, 0.25) is 0 Å². The van der Waals surface area contributed by atoms with Crippen LogP contribution in [0.3, 0.4) is 0 Å². The van der Waals surface area contributed by atoms with Crippen LogP contribution in [0.5, 0.6) is 0 Å². The minimum absolute atomic E-state index is 0.238. The maximum absolute atomic E-state index is 13.2. The molecule has 0 aliphatic rings. The summed E-state index contributed by atoms with van der Waals surface area (Å²) in [5.74, 6) is 0.110. The number of ether oxygens (including phenoxy) is 1. The van der Waals surface area contributed by atoms with E-state index in [1.165, 1.54) is 6.07 Å². The van der Waals surface area contributed by atoms with E-state index in [1.807, 2.05) is 30.3 Å². The molecular formula is C24H19F3N2O2. The number of carbonyl (C=O) groups excluding carboxylic acids is 1. The Morgan fingerprint density at radius 1 is 1.00 bits per heavy atom. The minimum atomic E-state index is -4.46. The van der Waals surface area contributed by atoms with Gasteiger partial charge < -0.3 is 4.74 Å². The molecule has 158 valence electrons. The lowest BCUT2D eigenvalue weighted by atomic mass is 10.1. The molecule has 0 saturated carbocycles. The Bertz CT molecular complexity index is 1230. The summed E-state index contributed by atoms with van der Waals surface area (Å²) in [5, 5.41) is 0. The van der Waals surface area contributed by atoms with Crippen molar-refractivity contribution >= 4 is 17.0 Å². The van der Waals surface area contributed by atoms with Crippen molar-refractivity contribution in [3.8, 4) is 5.69 Å². The number of benzene rings is 3. The van der Waals surface area contributed by atoms with Crippen LogP contribution in [0, 0.1) is 0 Å². The normalized spacial score (nSPS) is 11.6. The Hall–Kier alpha value is -3.61. The molecule has 0 spiro atoms. The van der Waals surface area contributed by atoms with Crippen molar-refractivity contribution in [3.63, 3.8) is 0 Å². The van der Waals surface area contributed by atoms with Crippen LogP contribution in [0.2, 0.25) is 0 Å². The van der Waals surface area contributed by atoms with Gasteiger partial charge in [0.05, 0.1) is 28.8 Å². The summed E-state index contributed by atoms with van der Waals surface area (Å²) in [4.78, 5) is 16.7. The van der Waals surface area contributed by atoms with Gasteiger partial charge in [0, 0.05) is 12.1 Å². The average Bonchev–Trinajstić information content (AvgIpc) is 3.11. The zero-order valence-corrected chi connectivity index (χ0v) is 16.7. The molecule has 0 saturated heterocycles. The number of aromatic nitrogens is 2. The standard InChI is InChI=1S/C24H19F3N2O2/c1-2-31-23(30)17-9-6-10-19(14-17)29-21-12-11-18(24(25,26)27)15-20(21)28-22(29)13-16-7-4-3-5-8-16/h3-12,14-15H,2,13H2,1H3. The van der Waals surface area contributed by atoms with Crippen molar-refractivity contribution in [3.05, 3.63) is 95.3 Å². The molecule has 0 aliphatic carbocycles. The molecule has 0 aliphatic heterocycles. The van der Waals surface area contributed by atoms with Crippen LogP contribution in [0.1, 0.15) is 34.2 Å². The molecule has 0 amide bonds. The van der Waals surface area contributed by atoms with Crippen molar-refractivity contribution in [2.45, 2.75) is 19.5 Å². The van der Waals surface area contributed by atoms with Gasteiger partial charge in [-0.1, -0.05) is 36.4 Å². The highest BCUT2D eigenvalue weighted by molar-refractivity contribution is 5.90. The first-order valence-electron chi connectivity index (χ1n) is 9.77. The van der Waals surface area contributed by atoms with Crippen molar-refractivity contribution < 1.29 is 22.7 Å². The lowest BCUT2D eigenvalue weighted by Gasteiger charge is -2.12. The van der Waals surface area contributed by atoms with Crippen molar-refractivity contribution in [2.24, 2.45) is 0 Å². The van der Waals surface area contributed by atoms with Gasteiger partial charge >= 0.3 is 12.1 Å². The average molecular weight is 424 g/mol. The van der Waals surface area contributed by atoms with Gasteiger partial charge in [0.25, 0.3) is 0 Å². The number of esters is 1. The number of fused-ring (bicyclic) bond motifs is 1. The Morgan fingerprint density at radius 3 is 2.48 bits per heavy atom. The number of carbonyl (C=O) groups is 1. The van der Waals surface area contributed by atoms with E-state index in [-0.39, 0.29) is 12.1 Å². The van der Waals surface area contributed by atoms with Crippen molar-refractivity contribution in [2.75, 3.05) is 6.61 Å². The third-order valence-corrected chi connectivity index (χ3v) is 4.87. The largest absolute Gasteiger partial charge is 0.462 e. The summed E-state index contributed by atoms with van der Waals surface area (Å²) < 4.78 is 46.5. The van der Waals surface area contributed by atoms with E-state index in [0.29, 0.717) is 29.0 Å². The fourth-order valence-electron chi connectivity index (χ4n) is 3.48. The van der Waals surface area contributed by atoms with Crippen molar-refractivity contribution in [1.29, 1.82) is 0 Å². The first-order chi connectivity index (χ1) is 14.9.